The van der Waals surface area contributed by atoms with Crippen molar-refractivity contribution in [3.05, 3.63) is 182 Å². The third-order valence-electron chi connectivity index (χ3n) is 22.8. The number of aryl methyl sites for hydroxylation is 2. The van der Waals surface area contributed by atoms with E-state index >= 15 is 0 Å². The molecule has 129 heavy (non-hydrogen) atoms. The summed E-state index contributed by atoms with van der Waals surface area (Å²) in [6.07, 6.45) is 11.9. The van der Waals surface area contributed by atoms with Crippen molar-refractivity contribution in [1.29, 1.82) is 0 Å². The topological polar surface area (TPSA) is 146 Å². The van der Waals surface area contributed by atoms with Crippen molar-refractivity contribution < 1.29 is 0 Å². The van der Waals surface area contributed by atoms with Crippen LogP contribution in [0.1, 0.15) is 267 Å². The molecule has 10 heterocycles. The Morgan fingerprint density at radius 1 is 0.256 bits per heavy atom. The summed E-state index contributed by atoms with van der Waals surface area (Å²) < 4.78 is 0. The molecule has 3 aromatic heterocycles. The normalized spacial score (nSPS) is 18.6. The lowest BCUT2D eigenvalue weighted by Crippen LogP contribution is -2.48. The van der Waals surface area contributed by atoms with Crippen LogP contribution in [0, 0.1) is 55.3 Å². The van der Waals surface area contributed by atoms with Crippen molar-refractivity contribution in [2.45, 2.75) is 355 Å². The van der Waals surface area contributed by atoms with Gasteiger partial charge < -0.3 is 49.0 Å². The van der Waals surface area contributed by atoms with E-state index in [0.29, 0.717) is 127 Å². The van der Waals surface area contributed by atoms with Crippen LogP contribution in [0.4, 0.5) is 46.0 Å². The zero-order valence-electron chi connectivity index (χ0n) is 89.2. The number of hydrazone groups is 4. The predicted octanol–water partition coefficient (Wildman–Crippen LogP) is 25.2. The van der Waals surface area contributed by atoms with Crippen LogP contribution in [0.3, 0.4) is 0 Å². The highest BCUT2D eigenvalue weighted by molar-refractivity contribution is 5.97. The SMILES string of the molecule is CC.CC.CC.CC(C)C1N(C)c2cccnc2N1C(C)C.CC(C)C1N(C)c2ncccc2N1C(C)C.CC(C)C1N(C)c2nccnc2N1C(C)C.CC(C)C1N(c2ccccc2)N=CN1C(C)C.CC1=NN(C(C)C)C(C(C)C)N1C.CC1=NN(C(C)C)C(C(C)C)N1c1ccccc1.CC1=NN(C)C(C(C)C)N1C(C)C.Cc1ccccc1.Cc1ccccc1. The Morgan fingerprint density at radius 3 is 0.984 bits per heavy atom. The first-order chi connectivity index (χ1) is 60.9. The van der Waals surface area contributed by atoms with E-state index in [0.717, 1.165) is 46.5 Å². The van der Waals surface area contributed by atoms with Gasteiger partial charge in [-0.05, 0) is 222 Å². The number of fused-ring (bicyclic) bond motifs is 3. The Hall–Kier alpha value is -9.86. The molecule has 14 rings (SSSR count). The molecule has 7 aromatic rings. The smallest absolute Gasteiger partial charge is 0.173 e. The molecule has 0 aliphatic carbocycles. The van der Waals surface area contributed by atoms with Crippen LogP contribution < -0.4 is 39.3 Å². The molecule has 22 nitrogen and oxygen atoms in total. The van der Waals surface area contributed by atoms with E-state index in [4.69, 9.17) is 5.10 Å². The highest BCUT2D eigenvalue weighted by Gasteiger charge is 2.43. The number of rotatable bonds is 16. The molecule has 720 valence electrons. The van der Waals surface area contributed by atoms with Gasteiger partial charge in [-0.25, -0.2) is 24.9 Å². The van der Waals surface area contributed by atoms with Gasteiger partial charge in [0, 0.05) is 108 Å². The molecule has 0 spiro atoms. The quantitative estimate of drug-likeness (QED) is 0.0903. The maximum atomic E-state index is 4.72. The summed E-state index contributed by atoms with van der Waals surface area (Å²) in [5.74, 6) is 11.5. The van der Waals surface area contributed by atoms with Crippen LogP contribution >= 0.6 is 0 Å². The van der Waals surface area contributed by atoms with Crippen LogP contribution in [-0.4, -0.2) is 194 Å². The largest absolute Gasteiger partial charge is 0.351 e. The van der Waals surface area contributed by atoms with Crippen molar-refractivity contribution in [2.24, 2.45) is 61.8 Å². The molecule has 0 fully saturated rings. The average Bonchev–Trinajstić information content (AvgIpc) is 1.63. The second kappa shape index (κ2) is 55.3. The molecular formula is C107H182N22. The lowest BCUT2D eigenvalue weighted by molar-refractivity contribution is 0.0743. The number of pyridine rings is 2. The fraction of sp³-hybridized carbons (Fsp3) is 0.607. The van der Waals surface area contributed by atoms with Gasteiger partial charge in [0.15, 0.2) is 23.3 Å². The zero-order valence-corrected chi connectivity index (χ0v) is 89.2. The predicted molar refractivity (Wildman–Crippen MR) is 564 cm³/mol. The van der Waals surface area contributed by atoms with Crippen molar-refractivity contribution in [2.75, 3.05) is 74.5 Å². The highest BCUT2D eigenvalue weighted by Crippen LogP contribution is 2.43. The minimum atomic E-state index is 0.312. The fourth-order valence-corrected chi connectivity index (χ4v) is 17.6. The summed E-state index contributed by atoms with van der Waals surface area (Å²) >= 11 is 0. The van der Waals surface area contributed by atoms with Gasteiger partial charge in [0.05, 0.1) is 17.1 Å². The minimum absolute atomic E-state index is 0.312. The summed E-state index contributed by atoms with van der Waals surface area (Å²) in [5.41, 5.74) is 7.53. The second-order valence-corrected chi connectivity index (χ2v) is 37.9. The lowest BCUT2D eigenvalue weighted by Gasteiger charge is -2.36. The Labute approximate surface area is 788 Å². The van der Waals surface area contributed by atoms with E-state index in [1.54, 1.807) is 12.4 Å². The molecule has 0 radical (unpaired) electrons. The van der Waals surface area contributed by atoms with E-state index in [1.807, 2.05) is 115 Å². The number of anilines is 8. The van der Waals surface area contributed by atoms with Gasteiger partial charge in [0.2, 0.25) is 0 Å². The van der Waals surface area contributed by atoms with Crippen LogP contribution in [0.15, 0.2) is 191 Å². The first kappa shape index (κ1) is 113. The average molecular weight is 1780 g/mol. The Morgan fingerprint density at radius 2 is 0.605 bits per heavy atom. The van der Waals surface area contributed by atoms with E-state index in [9.17, 15) is 0 Å². The van der Waals surface area contributed by atoms with Crippen LogP contribution in [0.5, 0.6) is 0 Å². The fourth-order valence-electron chi connectivity index (χ4n) is 17.6. The first-order valence-electron chi connectivity index (χ1n) is 48.7. The molecule has 22 heteroatoms. The molecule has 7 aliphatic rings. The molecule has 0 bridgehead atoms. The minimum Gasteiger partial charge on any atom is -0.351 e. The molecule has 4 aromatic carbocycles. The van der Waals surface area contributed by atoms with Gasteiger partial charge in [-0.3, -0.25) is 15.0 Å². The zero-order chi connectivity index (χ0) is 97.9. The van der Waals surface area contributed by atoms with Crippen LogP contribution in [0.25, 0.3) is 0 Å². The summed E-state index contributed by atoms with van der Waals surface area (Å²) in [5, 5.41) is 26.9. The lowest BCUT2D eigenvalue weighted by atomic mass is 10.1. The van der Waals surface area contributed by atoms with E-state index in [2.05, 4.69) is 459 Å². The van der Waals surface area contributed by atoms with Gasteiger partial charge in [0.25, 0.3) is 0 Å². The van der Waals surface area contributed by atoms with Gasteiger partial charge in [-0.15, -0.1) is 0 Å². The number of amidine groups is 3. The van der Waals surface area contributed by atoms with Crippen molar-refractivity contribution in [3.63, 3.8) is 0 Å². The Bertz CT molecular complexity index is 4100. The molecule has 7 unspecified atom stereocenters. The van der Waals surface area contributed by atoms with Gasteiger partial charge in [-0.1, -0.05) is 247 Å². The summed E-state index contributed by atoms with van der Waals surface area (Å²) in [7, 11) is 10.6. The maximum Gasteiger partial charge on any atom is 0.173 e. The van der Waals surface area contributed by atoms with Crippen LogP contribution in [-0.2, 0) is 0 Å². The van der Waals surface area contributed by atoms with Crippen molar-refractivity contribution in [3.8, 4) is 0 Å². The molecule has 7 atom stereocenters. The number of hydrogen-bond donors (Lipinski definition) is 0. The standard InChI is InChI=1S/C15H23N3.C14H21N3.2C13H21N3.C12H20N4.2C10H21N3.2C7H8.3C2H6/c1-11(2)15-17(14-9-7-6-8-10-14)13(5)16-18(15)12(3)4;1-11(2)14-16(12(3)4)10-15-17(14)13-8-6-5-7-9-13;1-9(2)13-15(5)12-11(7-6-8-14-12)16(13)10(3)4;1-9(2)13-15(5)11-7-6-8-14-12(11)16(13)10(3)4;1-8(2)12-15(5)10-11(14-7-6-13-10)16(12)9(3)4;1-7(2)10-12(6)11-9(5)13(10)8(3)4;1-7(2)10-12(6)9(5)11-13(10)8(3)4;2*1-7-5-3-2-4-6-7;3*1-2/h6-12,15H,1-5H3;5-12,14H,1-4H3;2*6-10,13H,1-5H3;6-9,12H,1-5H3;2*7-8,10H,1-6H3;2*2-6H,1H3;3*1-2H3. The van der Waals surface area contributed by atoms with Gasteiger partial charge in [0.1, 0.15) is 67.0 Å². The third-order valence-corrected chi connectivity index (χ3v) is 22.8. The third kappa shape index (κ3) is 30.6. The van der Waals surface area contributed by atoms with E-state index in [1.165, 1.54) is 28.2 Å². The molecule has 0 saturated carbocycles. The van der Waals surface area contributed by atoms with E-state index in [-0.39, 0.29) is 0 Å². The summed E-state index contributed by atoms with van der Waals surface area (Å²) in [6, 6.07) is 53.1. The number of aromatic nitrogens is 4. The monoisotopic (exact) mass is 1780 g/mol. The first-order valence-corrected chi connectivity index (χ1v) is 48.7. The molecule has 0 amide bonds. The maximum absolute atomic E-state index is 4.72. The Balaban J connectivity index is 0.000000375. The number of nitrogens with zero attached hydrogens (tertiary/aromatic N) is 22. The number of hydrogen-bond acceptors (Lipinski definition) is 22. The second-order valence-electron chi connectivity index (χ2n) is 37.9. The number of benzene rings is 4. The van der Waals surface area contributed by atoms with E-state index < -0.39 is 0 Å². The number of para-hydroxylation sites is 2. The highest BCUT2D eigenvalue weighted by atomic mass is 15.6. The van der Waals surface area contributed by atoms with Crippen LogP contribution in [0.2, 0.25) is 0 Å². The van der Waals surface area contributed by atoms with Crippen molar-refractivity contribution in [1.82, 2.24) is 49.7 Å². The molecular weight excluding hydrogens is 1590 g/mol. The summed E-state index contributed by atoms with van der Waals surface area (Å²) in [4.78, 5) is 41.3. The van der Waals surface area contributed by atoms with Gasteiger partial charge in [-0.2, -0.15) is 20.4 Å². The van der Waals surface area contributed by atoms with Gasteiger partial charge >= 0.3 is 0 Å². The van der Waals surface area contributed by atoms with Crippen molar-refractivity contribution >= 4 is 69.9 Å². The molecule has 7 aliphatic heterocycles. The molecule has 0 N–H and O–H groups in total. The Kier molecular flexibility index (Phi) is 48.6. The molecule has 0 saturated heterocycles. The summed E-state index contributed by atoms with van der Waals surface area (Å²) in [6.45, 7) is 84.8.